The quantitative estimate of drug-likeness (QED) is 0.223. The Morgan fingerprint density at radius 2 is 1.77 bits per heavy atom. The van der Waals surface area contributed by atoms with Gasteiger partial charge in [-0.05, 0) is 55.5 Å². The normalized spacial score (nSPS) is 19.2. The molecular weight excluding hydrogens is 585 g/mol. The molecule has 3 heterocycles. The first kappa shape index (κ1) is 30.4. The van der Waals surface area contributed by atoms with Crippen LogP contribution in [0.3, 0.4) is 0 Å². The van der Waals surface area contributed by atoms with Gasteiger partial charge in [-0.2, -0.15) is 0 Å². The monoisotopic (exact) mass is 623 g/mol. The number of amides is 2. The minimum Gasteiger partial charge on any atom is -0.493 e. The van der Waals surface area contributed by atoms with Crippen LogP contribution in [0, 0.1) is 0 Å². The number of benzene rings is 3. The van der Waals surface area contributed by atoms with E-state index in [1.54, 1.807) is 47.1 Å². The number of carbonyl (C=O) groups excluding carboxylic acids is 2. The van der Waals surface area contributed by atoms with E-state index in [0.29, 0.717) is 61.0 Å². The Kier molecular flexibility index (Phi) is 8.82. The molecule has 12 heteroatoms. The summed E-state index contributed by atoms with van der Waals surface area (Å²) in [6, 6.07) is 12.6. The summed E-state index contributed by atoms with van der Waals surface area (Å²) in [6.45, 7) is 1.60. The van der Waals surface area contributed by atoms with Crippen LogP contribution in [0.4, 0.5) is 11.4 Å². The van der Waals surface area contributed by atoms with E-state index in [0.717, 1.165) is 54.1 Å². The number of nitrogens with zero attached hydrogens (tertiary/aromatic N) is 3. The number of methoxy groups -OCH3 is 1. The fourth-order valence-electron chi connectivity index (χ4n) is 6.73. The van der Waals surface area contributed by atoms with Crippen LogP contribution in [0.5, 0.6) is 17.2 Å². The fraction of sp³-hybridized carbons (Fsp3) is 0.438. The fourth-order valence-corrected chi connectivity index (χ4v) is 7.05. The maximum absolute atomic E-state index is 13.3. The lowest BCUT2D eigenvalue weighted by Gasteiger charge is -2.31. The van der Waals surface area contributed by atoms with Gasteiger partial charge in [-0.3, -0.25) is 9.59 Å². The number of carbonyl (C=O) groups is 2. The zero-order chi connectivity index (χ0) is 31.0. The highest BCUT2D eigenvalue weighted by Crippen LogP contribution is 2.44. The molecule has 11 nitrogen and oxygen atoms in total. The van der Waals surface area contributed by atoms with Crippen molar-refractivity contribution < 1.29 is 38.5 Å². The van der Waals surface area contributed by atoms with Gasteiger partial charge in [0.25, 0.3) is 5.91 Å². The van der Waals surface area contributed by atoms with Gasteiger partial charge in [-0.15, -0.1) is 0 Å². The van der Waals surface area contributed by atoms with Crippen LogP contribution >= 0.6 is 8.60 Å². The van der Waals surface area contributed by atoms with E-state index in [-0.39, 0.29) is 17.9 Å². The number of ether oxygens (including phenoxy) is 2. The summed E-state index contributed by atoms with van der Waals surface area (Å²) >= 11 is 0. The molecule has 1 unspecified atom stereocenters. The van der Waals surface area contributed by atoms with Gasteiger partial charge in [0.1, 0.15) is 12.0 Å². The highest BCUT2D eigenvalue weighted by atomic mass is 31.2. The van der Waals surface area contributed by atoms with Crippen LogP contribution < -0.4 is 23.8 Å². The number of hydrogen-bond donors (Lipinski definition) is 3. The number of aliphatic hydroxyl groups excluding tert-OH is 1. The Morgan fingerprint density at radius 1 is 1.00 bits per heavy atom. The number of aliphatic hydroxyl groups is 1. The molecule has 0 bridgehead atoms. The second kappa shape index (κ2) is 12.8. The molecule has 2 atom stereocenters. The Bertz CT molecular complexity index is 1570. The third kappa shape index (κ3) is 5.65. The summed E-state index contributed by atoms with van der Waals surface area (Å²) in [6.07, 6.45) is 4.11. The van der Waals surface area contributed by atoms with Crippen molar-refractivity contribution in [2.75, 3.05) is 43.7 Å². The molecule has 1 saturated heterocycles. The Balaban J connectivity index is 1.06. The van der Waals surface area contributed by atoms with Gasteiger partial charge in [-0.1, -0.05) is 24.3 Å². The van der Waals surface area contributed by atoms with Crippen molar-refractivity contribution in [3.05, 3.63) is 53.6 Å². The molecule has 0 saturated carbocycles. The summed E-state index contributed by atoms with van der Waals surface area (Å²) in [5.41, 5.74) is 2.92. The SMILES string of the molecule is COc1cc2c(cc1OCCCCCC(=O)N1CCc3c1cc(OP(O)O)c1ccccc31)N(C)C(O)[C@@H]1CCCN1C2=O. The molecule has 0 aromatic heterocycles. The van der Waals surface area contributed by atoms with E-state index in [2.05, 4.69) is 0 Å². The molecule has 3 aromatic carbocycles. The number of fused-ring (bicyclic) bond motifs is 5. The number of anilines is 2. The molecule has 0 aliphatic carbocycles. The van der Waals surface area contributed by atoms with Crippen LogP contribution in [0.25, 0.3) is 10.8 Å². The summed E-state index contributed by atoms with van der Waals surface area (Å²) in [5, 5.41) is 12.7. The van der Waals surface area contributed by atoms with E-state index in [1.165, 1.54) is 0 Å². The minimum absolute atomic E-state index is 0.0142. The van der Waals surface area contributed by atoms with Crippen molar-refractivity contribution in [2.24, 2.45) is 0 Å². The molecular formula is C32H38N3O8P. The van der Waals surface area contributed by atoms with Crippen LogP contribution in [0.15, 0.2) is 42.5 Å². The second-order valence-electron chi connectivity index (χ2n) is 11.5. The van der Waals surface area contributed by atoms with Gasteiger partial charge >= 0.3 is 8.60 Å². The van der Waals surface area contributed by atoms with Crippen molar-refractivity contribution in [3.63, 3.8) is 0 Å². The zero-order valence-electron chi connectivity index (χ0n) is 24.9. The maximum Gasteiger partial charge on any atom is 0.391 e. The molecule has 6 rings (SSSR count). The van der Waals surface area contributed by atoms with Crippen molar-refractivity contribution in [1.82, 2.24) is 4.90 Å². The largest absolute Gasteiger partial charge is 0.493 e. The first-order valence-corrected chi connectivity index (χ1v) is 16.2. The van der Waals surface area contributed by atoms with E-state index >= 15 is 0 Å². The van der Waals surface area contributed by atoms with Crippen molar-refractivity contribution >= 4 is 42.6 Å². The van der Waals surface area contributed by atoms with E-state index < -0.39 is 14.8 Å². The molecule has 0 radical (unpaired) electrons. The van der Waals surface area contributed by atoms with Crippen molar-refractivity contribution in [2.45, 2.75) is 57.2 Å². The first-order valence-electron chi connectivity index (χ1n) is 15.1. The number of unbranched alkanes of at least 4 members (excludes halogenated alkanes) is 2. The van der Waals surface area contributed by atoms with Gasteiger partial charge in [0.05, 0.1) is 36.7 Å². The van der Waals surface area contributed by atoms with Crippen LogP contribution in [0.2, 0.25) is 0 Å². The van der Waals surface area contributed by atoms with E-state index in [9.17, 15) is 24.5 Å². The smallest absolute Gasteiger partial charge is 0.391 e. The van der Waals surface area contributed by atoms with Gasteiger partial charge in [0.15, 0.2) is 11.5 Å². The second-order valence-corrected chi connectivity index (χ2v) is 12.2. The molecule has 3 aliphatic rings. The summed E-state index contributed by atoms with van der Waals surface area (Å²) in [5.74, 6) is 1.23. The Labute approximate surface area is 257 Å². The first-order chi connectivity index (χ1) is 21.3. The third-order valence-corrected chi connectivity index (χ3v) is 9.30. The molecule has 3 aromatic rings. The Morgan fingerprint density at radius 3 is 2.55 bits per heavy atom. The van der Waals surface area contributed by atoms with Gasteiger partial charge < -0.3 is 43.6 Å². The molecule has 234 valence electrons. The van der Waals surface area contributed by atoms with Crippen LogP contribution in [0.1, 0.15) is 54.4 Å². The van der Waals surface area contributed by atoms with Gasteiger partial charge in [0.2, 0.25) is 5.91 Å². The molecule has 0 spiro atoms. The summed E-state index contributed by atoms with van der Waals surface area (Å²) in [7, 11) is 0.743. The van der Waals surface area contributed by atoms with E-state index in [1.807, 2.05) is 24.3 Å². The lowest BCUT2D eigenvalue weighted by atomic mass is 10.0. The number of likely N-dealkylation sites (N-methyl/N-ethyl adjacent to an activating group) is 1. The zero-order valence-corrected chi connectivity index (χ0v) is 25.8. The molecule has 3 aliphatic heterocycles. The lowest BCUT2D eigenvalue weighted by Crippen LogP contribution is -2.47. The highest BCUT2D eigenvalue weighted by molar-refractivity contribution is 7.39. The predicted octanol–water partition coefficient (Wildman–Crippen LogP) is 4.34. The standard InChI is InChI=1S/C32H38N3O8P/c1-33-25-18-29(28(41-2)17-23(25)31(37)35-14-8-11-24(35)32(33)38)42-16-7-3-4-12-30(36)34-15-13-21-20-9-5-6-10-22(20)27(19-26(21)34)43-44(39)40/h5-6,9-10,17-19,24,32,38-40H,3-4,7-8,11-16H2,1-2H3/t24-,32?/m0/s1. The molecule has 3 N–H and O–H groups in total. The van der Waals surface area contributed by atoms with Crippen LogP contribution in [-0.2, 0) is 11.2 Å². The number of hydrogen-bond acceptors (Lipinski definition) is 9. The number of rotatable bonds is 10. The molecule has 44 heavy (non-hydrogen) atoms. The highest BCUT2D eigenvalue weighted by Gasteiger charge is 2.41. The maximum atomic E-state index is 13.3. The average molecular weight is 624 g/mol. The average Bonchev–Trinajstić information content (AvgIpc) is 3.67. The molecule has 2 amide bonds. The van der Waals surface area contributed by atoms with Gasteiger partial charge in [0, 0.05) is 44.1 Å². The minimum atomic E-state index is -2.59. The van der Waals surface area contributed by atoms with Crippen molar-refractivity contribution in [3.8, 4) is 17.2 Å². The summed E-state index contributed by atoms with van der Waals surface area (Å²) < 4.78 is 17.0. The van der Waals surface area contributed by atoms with Gasteiger partial charge in [-0.25, -0.2) is 0 Å². The topological polar surface area (TPSA) is 132 Å². The summed E-state index contributed by atoms with van der Waals surface area (Å²) in [4.78, 5) is 50.7. The predicted molar refractivity (Wildman–Crippen MR) is 167 cm³/mol. The van der Waals surface area contributed by atoms with Crippen LogP contribution in [-0.4, -0.2) is 77.7 Å². The third-order valence-electron chi connectivity index (χ3n) is 8.94. The molecule has 1 fully saturated rings. The lowest BCUT2D eigenvalue weighted by molar-refractivity contribution is -0.118. The Hall–Kier alpha value is -3.63. The van der Waals surface area contributed by atoms with Crippen molar-refractivity contribution in [1.29, 1.82) is 0 Å². The van der Waals surface area contributed by atoms with E-state index in [4.69, 9.17) is 14.0 Å².